The monoisotopic (exact) mass is 375 g/mol. The summed E-state index contributed by atoms with van der Waals surface area (Å²) in [6.45, 7) is 0.234. The number of nitrogens with one attached hydrogen (secondary N) is 1. The van der Waals surface area contributed by atoms with Crippen LogP contribution in [0.15, 0.2) is 53.3 Å². The molecule has 1 N–H and O–H groups in total. The Morgan fingerprint density at radius 1 is 1.26 bits per heavy atom. The summed E-state index contributed by atoms with van der Waals surface area (Å²) in [6.07, 6.45) is 1.44. The fraction of sp³-hybridized carbons (Fsp3) is 0.0667. The molecule has 1 aromatic heterocycles. The summed E-state index contributed by atoms with van der Waals surface area (Å²) in [5.41, 5.74) is 1.79. The van der Waals surface area contributed by atoms with E-state index in [4.69, 9.17) is 0 Å². The molecule has 0 atom stereocenters. The fourth-order valence-electron chi connectivity index (χ4n) is 2.03. The van der Waals surface area contributed by atoms with Crippen molar-refractivity contribution < 1.29 is 9.18 Å². The van der Waals surface area contributed by atoms with Gasteiger partial charge in [-0.25, -0.2) is 9.07 Å². The van der Waals surface area contributed by atoms with Crippen LogP contribution < -0.4 is 5.32 Å². The summed E-state index contributed by atoms with van der Waals surface area (Å²) < 4.78 is 15.2. The van der Waals surface area contributed by atoms with Crippen molar-refractivity contribution in [3.8, 4) is 5.69 Å². The first-order valence-corrected chi connectivity index (χ1v) is 7.48. The molecule has 8 heteroatoms. The predicted molar refractivity (Wildman–Crippen MR) is 84.4 cm³/mol. The number of nitrogens with zero attached hydrogens (tertiary/aromatic N) is 4. The molecule has 0 aliphatic carbocycles. The van der Waals surface area contributed by atoms with Crippen LogP contribution in [0.4, 0.5) is 4.39 Å². The van der Waals surface area contributed by atoms with Crippen molar-refractivity contribution in [2.45, 2.75) is 6.54 Å². The minimum absolute atomic E-state index is 0.234. The maximum Gasteiger partial charge on any atom is 0.252 e. The third kappa shape index (κ3) is 3.59. The van der Waals surface area contributed by atoms with Crippen LogP contribution in [0.2, 0.25) is 0 Å². The molecule has 1 amide bonds. The molecule has 0 spiro atoms. The van der Waals surface area contributed by atoms with Gasteiger partial charge in [0.1, 0.15) is 12.1 Å². The van der Waals surface area contributed by atoms with Gasteiger partial charge >= 0.3 is 0 Å². The topological polar surface area (TPSA) is 72.7 Å². The maximum absolute atomic E-state index is 13.1. The lowest BCUT2D eigenvalue weighted by Crippen LogP contribution is -2.23. The van der Waals surface area contributed by atoms with Gasteiger partial charge in [0.05, 0.1) is 11.3 Å². The van der Waals surface area contributed by atoms with Crippen molar-refractivity contribution in [3.63, 3.8) is 0 Å². The van der Waals surface area contributed by atoms with Crippen LogP contribution >= 0.6 is 15.9 Å². The minimum atomic E-state index is -0.335. The van der Waals surface area contributed by atoms with Crippen LogP contribution in [0.25, 0.3) is 5.69 Å². The zero-order chi connectivity index (χ0) is 16.2. The summed E-state index contributed by atoms with van der Waals surface area (Å²) in [6, 6.07) is 11.3. The number of amides is 1. The van der Waals surface area contributed by atoms with Crippen LogP contribution in [0, 0.1) is 5.82 Å². The summed E-state index contributed by atoms with van der Waals surface area (Å²) in [5.74, 6) is -0.616. The number of rotatable bonds is 4. The molecule has 0 saturated heterocycles. The Morgan fingerprint density at radius 3 is 2.87 bits per heavy atom. The molecule has 0 aliphatic rings. The van der Waals surface area contributed by atoms with Crippen molar-refractivity contribution in [3.05, 3.63) is 70.2 Å². The first kappa shape index (κ1) is 15.3. The Kier molecular flexibility index (Phi) is 4.42. The Hall–Kier alpha value is -2.61. The summed E-state index contributed by atoms with van der Waals surface area (Å²) in [7, 11) is 0. The van der Waals surface area contributed by atoms with Gasteiger partial charge < -0.3 is 5.32 Å². The number of hydrogen-bond acceptors (Lipinski definition) is 4. The highest BCUT2D eigenvalue weighted by atomic mass is 79.9. The molecule has 1 heterocycles. The first-order chi connectivity index (χ1) is 11.1. The summed E-state index contributed by atoms with van der Waals surface area (Å²) in [4.78, 5) is 12.3. The van der Waals surface area contributed by atoms with Crippen molar-refractivity contribution in [1.82, 2.24) is 25.5 Å². The van der Waals surface area contributed by atoms with Gasteiger partial charge in [-0.1, -0.05) is 12.1 Å². The highest BCUT2D eigenvalue weighted by molar-refractivity contribution is 9.10. The number of halogens is 2. The van der Waals surface area contributed by atoms with Gasteiger partial charge in [0.2, 0.25) is 0 Å². The zero-order valence-corrected chi connectivity index (χ0v) is 13.4. The van der Waals surface area contributed by atoms with E-state index in [1.54, 1.807) is 30.3 Å². The van der Waals surface area contributed by atoms with E-state index < -0.39 is 0 Å². The molecule has 0 saturated carbocycles. The number of benzene rings is 2. The van der Waals surface area contributed by atoms with Crippen molar-refractivity contribution in [1.29, 1.82) is 0 Å². The van der Waals surface area contributed by atoms with Gasteiger partial charge in [-0.2, -0.15) is 0 Å². The van der Waals surface area contributed by atoms with Crippen LogP contribution in [0.3, 0.4) is 0 Å². The Balaban J connectivity index is 1.78. The van der Waals surface area contributed by atoms with Gasteiger partial charge in [0, 0.05) is 11.0 Å². The standard InChI is InChI=1S/C15H11BrFN5O/c16-14-5-4-12(22-9-19-20-21-22)7-13(14)15(23)18-8-10-2-1-3-11(17)6-10/h1-7,9H,8H2,(H,18,23). The van der Waals surface area contributed by atoms with E-state index in [2.05, 4.69) is 36.8 Å². The van der Waals surface area contributed by atoms with Gasteiger partial charge in [0.15, 0.2) is 0 Å². The second kappa shape index (κ2) is 6.66. The predicted octanol–water partition coefficient (Wildman–Crippen LogP) is 2.49. The first-order valence-electron chi connectivity index (χ1n) is 6.69. The number of aromatic nitrogens is 4. The third-order valence-electron chi connectivity index (χ3n) is 3.15. The van der Waals surface area contributed by atoms with Crippen LogP contribution in [0.5, 0.6) is 0 Å². The Morgan fingerprint density at radius 2 is 2.13 bits per heavy atom. The molecule has 0 bridgehead atoms. The largest absolute Gasteiger partial charge is 0.348 e. The van der Waals surface area contributed by atoms with E-state index in [0.29, 0.717) is 21.3 Å². The number of tetrazole rings is 1. The number of hydrogen-bond donors (Lipinski definition) is 1. The zero-order valence-electron chi connectivity index (χ0n) is 11.8. The fourth-order valence-corrected chi connectivity index (χ4v) is 2.46. The molecule has 116 valence electrons. The second-order valence-corrected chi connectivity index (χ2v) is 5.59. The average Bonchev–Trinajstić information content (AvgIpc) is 3.07. The van der Waals surface area contributed by atoms with Crippen molar-refractivity contribution in [2.24, 2.45) is 0 Å². The van der Waals surface area contributed by atoms with E-state index in [-0.39, 0.29) is 18.3 Å². The highest BCUT2D eigenvalue weighted by Gasteiger charge is 2.12. The van der Waals surface area contributed by atoms with E-state index in [0.717, 1.165) is 0 Å². The second-order valence-electron chi connectivity index (χ2n) is 4.73. The highest BCUT2D eigenvalue weighted by Crippen LogP contribution is 2.20. The molecule has 0 fully saturated rings. The Bertz CT molecular complexity index is 838. The molecule has 0 aliphatic heterocycles. The quantitative estimate of drug-likeness (QED) is 0.760. The molecular formula is C15H11BrFN5O. The van der Waals surface area contributed by atoms with E-state index in [1.807, 2.05) is 0 Å². The van der Waals surface area contributed by atoms with Crippen molar-refractivity contribution in [2.75, 3.05) is 0 Å². The van der Waals surface area contributed by atoms with E-state index in [1.165, 1.54) is 23.1 Å². The Labute approximate surface area is 139 Å². The number of carbonyl (C=O) groups excluding carboxylic acids is 1. The molecule has 3 aromatic rings. The summed E-state index contributed by atoms with van der Waals surface area (Å²) in [5, 5.41) is 13.7. The average molecular weight is 376 g/mol. The molecule has 3 rings (SSSR count). The van der Waals surface area contributed by atoms with Gasteiger partial charge in [-0.15, -0.1) is 5.10 Å². The summed E-state index contributed by atoms with van der Waals surface area (Å²) >= 11 is 3.35. The SMILES string of the molecule is O=C(NCc1cccc(F)c1)c1cc(-n2cnnn2)ccc1Br. The molecule has 0 unspecified atom stereocenters. The number of carbonyl (C=O) groups is 1. The van der Waals surface area contributed by atoms with E-state index >= 15 is 0 Å². The minimum Gasteiger partial charge on any atom is -0.348 e. The van der Waals surface area contributed by atoms with E-state index in [9.17, 15) is 9.18 Å². The van der Waals surface area contributed by atoms with Crippen LogP contribution in [-0.4, -0.2) is 26.1 Å². The smallest absolute Gasteiger partial charge is 0.252 e. The van der Waals surface area contributed by atoms with Gasteiger partial charge in [-0.05, 0) is 62.3 Å². The molecular weight excluding hydrogens is 365 g/mol. The molecule has 23 heavy (non-hydrogen) atoms. The lowest BCUT2D eigenvalue weighted by molar-refractivity contribution is 0.0950. The van der Waals surface area contributed by atoms with Crippen LogP contribution in [-0.2, 0) is 6.54 Å². The normalized spacial score (nSPS) is 10.5. The third-order valence-corrected chi connectivity index (χ3v) is 3.84. The molecule has 6 nitrogen and oxygen atoms in total. The lowest BCUT2D eigenvalue weighted by Gasteiger charge is -2.09. The lowest BCUT2D eigenvalue weighted by atomic mass is 10.1. The maximum atomic E-state index is 13.1. The van der Waals surface area contributed by atoms with Gasteiger partial charge in [0.25, 0.3) is 5.91 Å². The molecule has 0 radical (unpaired) electrons. The van der Waals surface area contributed by atoms with Crippen molar-refractivity contribution >= 4 is 21.8 Å². The molecule has 2 aromatic carbocycles. The van der Waals surface area contributed by atoms with Gasteiger partial charge in [-0.3, -0.25) is 4.79 Å². The van der Waals surface area contributed by atoms with Crippen LogP contribution in [0.1, 0.15) is 15.9 Å².